The quantitative estimate of drug-likeness (QED) is 0.815. The van der Waals surface area contributed by atoms with Crippen molar-refractivity contribution in [3.8, 4) is 11.5 Å². The van der Waals surface area contributed by atoms with E-state index in [2.05, 4.69) is 9.46 Å². The van der Waals surface area contributed by atoms with Crippen LogP contribution in [0, 0.1) is 0 Å². The SMILES string of the molecule is CN1C(=O)C(C)(C)Oc2cc(NS(=O)(=O)c3cccc(OC(F)F)c3)ccc21. The number of nitrogens with one attached hydrogen (secondary N) is 1. The number of hydrogen-bond donors (Lipinski definition) is 1. The highest BCUT2D eigenvalue weighted by molar-refractivity contribution is 7.92. The molecule has 1 aliphatic rings. The Hall–Kier alpha value is -2.88. The molecule has 0 aliphatic carbocycles. The van der Waals surface area contributed by atoms with Crippen LogP contribution in [0.25, 0.3) is 0 Å². The number of alkyl halides is 2. The van der Waals surface area contributed by atoms with E-state index in [0.717, 1.165) is 6.07 Å². The van der Waals surface area contributed by atoms with E-state index in [-0.39, 0.29) is 22.2 Å². The molecule has 3 rings (SSSR count). The predicted octanol–water partition coefficient (Wildman–Crippen LogP) is 3.22. The Morgan fingerprint density at radius 2 is 1.89 bits per heavy atom. The third-order valence-electron chi connectivity index (χ3n) is 4.10. The van der Waals surface area contributed by atoms with Gasteiger partial charge in [-0.1, -0.05) is 6.07 Å². The summed E-state index contributed by atoms with van der Waals surface area (Å²) in [4.78, 5) is 13.4. The zero-order valence-electron chi connectivity index (χ0n) is 15.3. The fourth-order valence-electron chi connectivity index (χ4n) is 2.80. The summed E-state index contributed by atoms with van der Waals surface area (Å²) in [5.74, 6) is -0.167. The number of hydrogen-bond acceptors (Lipinski definition) is 5. The van der Waals surface area contributed by atoms with Gasteiger partial charge >= 0.3 is 6.61 Å². The lowest BCUT2D eigenvalue weighted by atomic mass is 10.0. The van der Waals surface area contributed by atoms with E-state index in [1.165, 1.54) is 35.2 Å². The second kappa shape index (κ2) is 6.93. The van der Waals surface area contributed by atoms with Crippen LogP contribution in [-0.2, 0) is 14.8 Å². The van der Waals surface area contributed by atoms with Gasteiger partial charge in [0.05, 0.1) is 16.3 Å². The molecule has 1 amide bonds. The molecule has 0 saturated carbocycles. The number of benzene rings is 2. The fourth-order valence-corrected chi connectivity index (χ4v) is 3.88. The molecule has 150 valence electrons. The van der Waals surface area contributed by atoms with Crippen molar-refractivity contribution in [3.63, 3.8) is 0 Å². The first-order chi connectivity index (χ1) is 13.0. The molecule has 28 heavy (non-hydrogen) atoms. The standard InChI is InChI=1S/C18H18F2N2O5S/c1-18(2)16(23)22(3)14-8-7-11(9-15(14)27-18)21-28(24,25)13-6-4-5-12(10-13)26-17(19)20/h4-10,17,21H,1-3H3. The van der Waals surface area contributed by atoms with Gasteiger partial charge in [-0.05, 0) is 38.1 Å². The number of ether oxygens (including phenoxy) is 2. The molecule has 7 nitrogen and oxygen atoms in total. The van der Waals surface area contributed by atoms with E-state index >= 15 is 0 Å². The molecule has 1 N–H and O–H groups in total. The molecule has 0 saturated heterocycles. The Morgan fingerprint density at radius 3 is 2.57 bits per heavy atom. The number of amides is 1. The number of fused-ring (bicyclic) bond motifs is 1. The first kappa shape index (κ1) is 19.9. The minimum atomic E-state index is -4.06. The van der Waals surface area contributed by atoms with Gasteiger partial charge in [-0.15, -0.1) is 0 Å². The number of likely N-dealkylation sites (N-methyl/N-ethyl adjacent to an activating group) is 1. The van der Waals surface area contributed by atoms with Gasteiger partial charge in [0.25, 0.3) is 15.9 Å². The highest BCUT2D eigenvalue weighted by Crippen LogP contribution is 2.39. The Labute approximate surface area is 160 Å². The van der Waals surface area contributed by atoms with Crippen molar-refractivity contribution in [2.24, 2.45) is 0 Å². The highest BCUT2D eigenvalue weighted by Gasteiger charge is 2.39. The third-order valence-corrected chi connectivity index (χ3v) is 5.48. The first-order valence-corrected chi connectivity index (χ1v) is 9.67. The summed E-state index contributed by atoms with van der Waals surface area (Å²) in [6, 6.07) is 9.26. The van der Waals surface area contributed by atoms with Crippen molar-refractivity contribution in [1.82, 2.24) is 0 Å². The second-order valence-corrected chi connectivity index (χ2v) is 8.30. The Morgan fingerprint density at radius 1 is 1.18 bits per heavy atom. The Balaban J connectivity index is 1.89. The summed E-state index contributed by atoms with van der Waals surface area (Å²) in [5.41, 5.74) is -0.405. The molecule has 0 spiro atoms. The van der Waals surface area contributed by atoms with Crippen LogP contribution in [0.5, 0.6) is 11.5 Å². The normalized spacial score (nSPS) is 15.8. The fraction of sp³-hybridized carbons (Fsp3) is 0.278. The highest BCUT2D eigenvalue weighted by atomic mass is 32.2. The van der Waals surface area contributed by atoms with Crippen molar-refractivity contribution in [1.29, 1.82) is 0 Å². The average molecular weight is 412 g/mol. The minimum Gasteiger partial charge on any atom is -0.476 e. The first-order valence-electron chi connectivity index (χ1n) is 8.18. The van der Waals surface area contributed by atoms with Gasteiger partial charge in [0.2, 0.25) is 0 Å². The van der Waals surface area contributed by atoms with E-state index in [9.17, 15) is 22.0 Å². The molecule has 1 heterocycles. The minimum absolute atomic E-state index is 0.192. The summed E-state index contributed by atoms with van der Waals surface area (Å²) in [7, 11) is -2.46. The Kier molecular flexibility index (Phi) is 4.92. The third kappa shape index (κ3) is 3.86. The second-order valence-electron chi connectivity index (χ2n) is 6.62. The average Bonchev–Trinajstić information content (AvgIpc) is 2.59. The van der Waals surface area contributed by atoms with Crippen LogP contribution < -0.4 is 19.1 Å². The van der Waals surface area contributed by atoms with Crippen LogP contribution in [0.3, 0.4) is 0 Å². The van der Waals surface area contributed by atoms with Gasteiger partial charge in [-0.3, -0.25) is 9.52 Å². The molecule has 0 unspecified atom stereocenters. The zero-order chi connectivity index (χ0) is 20.7. The zero-order valence-corrected chi connectivity index (χ0v) is 16.1. The van der Waals surface area contributed by atoms with Crippen LogP contribution in [0.2, 0.25) is 0 Å². The smallest absolute Gasteiger partial charge is 0.387 e. The van der Waals surface area contributed by atoms with Gasteiger partial charge in [0, 0.05) is 19.2 Å². The molecular formula is C18H18F2N2O5S. The lowest BCUT2D eigenvalue weighted by Gasteiger charge is -2.37. The lowest BCUT2D eigenvalue weighted by Crippen LogP contribution is -2.50. The summed E-state index contributed by atoms with van der Waals surface area (Å²) in [5, 5.41) is 0. The van der Waals surface area contributed by atoms with Gasteiger partial charge in [-0.25, -0.2) is 8.42 Å². The molecule has 0 radical (unpaired) electrons. The van der Waals surface area contributed by atoms with Gasteiger partial charge < -0.3 is 14.4 Å². The van der Waals surface area contributed by atoms with Crippen molar-refractivity contribution < 1.29 is 31.5 Å². The number of sulfonamides is 1. The summed E-state index contributed by atoms with van der Waals surface area (Å²) >= 11 is 0. The maximum absolute atomic E-state index is 12.6. The summed E-state index contributed by atoms with van der Waals surface area (Å²) < 4.78 is 62.2. The number of carbonyl (C=O) groups is 1. The van der Waals surface area contributed by atoms with E-state index < -0.39 is 22.2 Å². The van der Waals surface area contributed by atoms with Crippen molar-refractivity contribution in [2.75, 3.05) is 16.7 Å². The van der Waals surface area contributed by atoms with Crippen molar-refractivity contribution in [3.05, 3.63) is 42.5 Å². The molecular weight excluding hydrogens is 394 g/mol. The van der Waals surface area contributed by atoms with Crippen LogP contribution in [0.4, 0.5) is 20.2 Å². The lowest BCUT2D eigenvalue weighted by molar-refractivity contribution is -0.132. The number of carbonyl (C=O) groups excluding carboxylic acids is 1. The van der Waals surface area contributed by atoms with E-state index in [4.69, 9.17) is 4.74 Å². The maximum Gasteiger partial charge on any atom is 0.387 e. The van der Waals surface area contributed by atoms with Gasteiger partial charge in [0.1, 0.15) is 11.5 Å². The predicted molar refractivity (Wildman–Crippen MR) is 98.4 cm³/mol. The topological polar surface area (TPSA) is 84.9 Å². The molecule has 10 heteroatoms. The summed E-state index contributed by atoms with van der Waals surface area (Å²) in [6.45, 7) is 0.159. The largest absolute Gasteiger partial charge is 0.476 e. The number of nitrogens with zero attached hydrogens (tertiary/aromatic N) is 1. The van der Waals surface area contributed by atoms with E-state index in [0.29, 0.717) is 11.4 Å². The monoisotopic (exact) mass is 412 g/mol. The molecule has 0 bridgehead atoms. The molecule has 0 fully saturated rings. The van der Waals surface area contributed by atoms with Crippen molar-refractivity contribution >= 4 is 27.3 Å². The number of rotatable bonds is 5. The molecule has 2 aromatic carbocycles. The Bertz CT molecular complexity index is 1020. The van der Waals surface area contributed by atoms with Crippen LogP contribution in [-0.4, -0.2) is 33.6 Å². The van der Waals surface area contributed by atoms with Gasteiger partial charge in [0.15, 0.2) is 5.60 Å². The molecule has 1 aliphatic heterocycles. The van der Waals surface area contributed by atoms with E-state index in [1.54, 1.807) is 27.0 Å². The van der Waals surface area contributed by atoms with Crippen molar-refractivity contribution in [2.45, 2.75) is 31.0 Å². The molecule has 2 aromatic rings. The number of halogens is 2. The van der Waals surface area contributed by atoms with Gasteiger partial charge in [-0.2, -0.15) is 8.78 Å². The molecule has 0 atom stereocenters. The van der Waals surface area contributed by atoms with Crippen LogP contribution in [0.15, 0.2) is 47.4 Å². The number of anilines is 2. The van der Waals surface area contributed by atoms with Crippen LogP contribution in [0.1, 0.15) is 13.8 Å². The molecule has 0 aromatic heterocycles. The van der Waals surface area contributed by atoms with Crippen LogP contribution >= 0.6 is 0 Å². The summed E-state index contributed by atoms with van der Waals surface area (Å²) in [6.07, 6.45) is 0. The van der Waals surface area contributed by atoms with E-state index in [1.807, 2.05) is 0 Å². The maximum atomic E-state index is 12.6.